The standard InChI is InChI=1S/C31H28N2/c1-32-18-17-25-27(21-32)31(19-23-11-5-3-6-12-23,20-24-13-7-4-8-14-24)28-22-33(2)29-16-10-9-15-26(29)30(25)28/h3-18,21-22H,19-20H2,1-2H3/q+2. The van der Waals surface area contributed by atoms with Gasteiger partial charge in [-0.3, -0.25) is 0 Å². The van der Waals surface area contributed by atoms with Crippen molar-refractivity contribution in [2.75, 3.05) is 0 Å². The summed E-state index contributed by atoms with van der Waals surface area (Å²) in [4.78, 5) is 0. The molecule has 2 aromatic heterocycles. The summed E-state index contributed by atoms with van der Waals surface area (Å²) >= 11 is 0. The van der Waals surface area contributed by atoms with Crippen LogP contribution in [0.3, 0.4) is 0 Å². The first-order valence-corrected chi connectivity index (χ1v) is 11.7. The van der Waals surface area contributed by atoms with E-state index in [1.54, 1.807) is 0 Å². The molecule has 0 unspecified atom stereocenters. The van der Waals surface area contributed by atoms with Crippen LogP contribution >= 0.6 is 0 Å². The third-order valence-corrected chi connectivity index (χ3v) is 7.24. The molecule has 0 saturated carbocycles. The van der Waals surface area contributed by atoms with Gasteiger partial charge >= 0.3 is 0 Å². The van der Waals surface area contributed by atoms with Gasteiger partial charge in [-0.25, -0.2) is 9.13 Å². The Kier molecular flexibility index (Phi) is 4.62. The molecule has 0 atom stereocenters. The van der Waals surface area contributed by atoms with Crippen molar-refractivity contribution < 1.29 is 9.13 Å². The van der Waals surface area contributed by atoms with Crippen molar-refractivity contribution in [2.24, 2.45) is 14.1 Å². The molecular formula is C31H28N2+2. The monoisotopic (exact) mass is 428 g/mol. The van der Waals surface area contributed by atoms with E-state index in [-0.39, 0.29) is 5.41 Å². The molecule has 1 aliphatic rings. The zero-order valence-electron chi connectivity index (χ0n) is 19.2. The second-order valence-electron chi connectivity index (χ2n) is 9.39. The molecule has 0 saturated heterocycles. The summed E-state index contributed by atoms with van der Waals surface area (Å²) in [6, 6.07) is 33.1. The van der Waals surface area contributed by atoms with Crippen molar-refractivity contribution in [1.29, 1.82) is 0 Å². The molecule has 0 spiro atoms. The lowest BCUT2D eigenvalue weighted by atomic mass is 9.70. The van der Waals surface area contributed by atoms with Crippen LogP contribution in [-0.2, 0) is 32.4 Å². The van der Waals surface area contributed by atoms with E-state index in [2.05, 4.69) is 133 Å². The van der Waals surface area contributed by atoms with E-state index in [1.165, 1.54) is 44.3 Å². The minimum absolute atomic E-state index is 0.145. The van der Waals surface area contributed by atoms with E-state index in [4.69, 9.17) is 0 Å². The van der Waals surface area contributed by atoms with E-state index >= 15 is 0 Å². The molecule has 6 rings (SSSR count). The Morgan fingerprint density at radius 1 is 0.636 bits per heavy atom. The lowest BCUT2D eigenvalue weighted by Crippen LogP contribution is -2.38. The lowest BCUT2D eigenvalue weighted by molar-refractivity contribution is -0.672. The van der Waals surface area contributed by atoms with Gasteiger partial charge in [0.1, 0.15) is 14.1 Å². The number of hydrogen-bond donors (Lipinski definition) is 0. The average molecular weight is 429 g/mol. The number of rotatable bonds is 4. The van der Waals surface area contributed by atoms with Crippen molar-refractivity contribution in [1.82, 2.24) is 0 Å². The van der Waals surface area contributed by atoms with Crippen LogP contribution in [-0.4, -0.2) is 0 Å². The molecule has 2 heteroatoms. The SMILES string of the molecule is C[n+]1ccc2c(c1)C(Cc1ccccc1)(Cc1ccccc1)c1c[n+](C)c3ccccc3c1-2. The average Bonchev–Trinajstić information content (AvgIpc) is 3.09. The van der Waals surface area contributed by atoms with Gasteiger partial charge in [0.2, 0.25) is 5.52 Å². The highest BCUT2D eigenvalue weighted by Gasteiger charge is 2.47. The van der Waals surface area contributed by atoms with Gasteiger partial charge in [-0.15, -0.1) is 0 Å². The molecule has 5 aromatic rings. The van der Waals surface area contributed by atoms with Crippen LogP contribution in [0.5, 0.6) is 0 Å². The van der Waals surface area contributed by atoms with E-state index in [1.807, 2.05) is 0 Å². The van der Waals surface area contributed by atoms with Crippen LogP contribution in [0.1, 0.15) is 22.3 Å². The molecule has 33 heavy (non-hydrogen) atoms. The number of aromatic nitrogens is 2. The highest BCUT2D eigenvalue weighted by molar-refractivity contribution is 5.99. The van der Waals surface area contributed by atoms with Crippen molar-refractivity contribution >= 4 is 10.9 Å². The molecule has 0 aliphatic heterocycles. The van der Waals surface area contributed by atoms with Gasteiger partial charge in [0.15, 0.2) is 18.6 Å². The van der Waals surface area contributed by atoms with Gasteiger partial charge in [0.05, 0.1) is 5.39 Å². The van der Waals surface area contributed by atoms with Crippen molar-refractivity contribution in [3.63, 3.8) is 0 Å². The minimum Gasteiger partial charge on any atom is -0.207 e. The molecule has 0 radical (unpaired) electrons. The van der Waals surface area contributed by atoms with E-state index < -0.39 is 0 Å². The predicted octanol–water partition coefficient (Wildman–Crippen LogP) is 5.24. The van der Waals surface area contributed by atoms with Gasteiger partial charge in [-0.2, -0.15) is 0 Å². The van der Waals surface area contributed by atoms with Gasteiger partial charge in [-0.05, 0) is 35.6 Å². The van der Waals surface area contributed by atoms with Crippen molar-refractivity contribution in [2.45, 2.75) is 18.3 Å². The molecule has 0 N–H and O–H groups in total. The summed E-state index contributed by atoms with van der Waals surface area (Å²) in [5.41, 5.74) is 9.48. The fourth-order valence-electron chi connectivity index (χ4n) is 5.79. The number of para-hydroxylation sites is 1. The molecule has 0 bridgehead atoms. The molecule has 1 aliphatic carbocycles. The smallest absolute Gasteiger partial charge is 0.207 e. The Balaban J connectivity index is 1.71. The zero-order valence-corrected chi connectivity index (χ0v) is 19.2. The zero-order chi connectivity index (χ0) is 22.4. The summed E-state index contributed by atoms with van der Waals surface area (Å²) in [5.74, 6) is 0. The number of benzene rings is 3. The van der Waals surface area contributed by atoms with Gasteiger partial charge in [-0.1, -0.05) is 72.8 Å². The largest absolute Gasteiger partial charge is 0.212 e. The summed E-state index contributed by atoms with van der Waals surface area (Å²) in [5, 5.41) is 1.33. The molecule has 0 amide bonds. The second kappa shape index (κ2) is 7.67. The van der Waals surface area contributed by atoms with Crippen molar-refractivity contribution in [3.05, 3.63) is 132 Å². The first-order valence-electron chi connectivity index (χ1n) is 11.7. The summed E-state index contributed by atoms with van der Waals surface area (Å²) in [6.45, 7) is 0. The Labute approximate surface area is 195 Å². The number of fused-ring (bicyclic) bond motifs is 5. The number of hydrogen-bond acceptors (Lipinski definition) is 0. The summed E-state index contributed by atoms with van der Waals surface area (Å²) < 4.78 is 4.52. The fourth-order valence-corrected chi connectivity index (χ4v) is 5.79. The van der Waals surface area contributed by atoms with E-state index in [0.29, 0.717) is 0 Å². The van der Waals surface area contributed by atoms with Gasteiger partial charge in [0, 0.05) is 34.2 Å². The van der Waals surface area contributed by atoms with Crippen LogP contribution in [0.15, 0.2) is 110 Å². The lowest BCUT2D eigenvalue weighted by Gasteiger charge is -2.31. The quantitative estimate of drug-likeness (QED) is 0.346. The predicted molar refractivity (Wildman–Crippen MR) is 133 cm³/mol. The Morgan fingerprint density at radius 3 is 1.91 bits per heavy atom. The third-order valence-electron chi connectivity index (χ3n) is 7.24. The minimum atomic E-state index is -0.145. The Morgan fingerprint density at radius 2 is 1.24 bits per heavy atom. The van der Waals surface area contributed by atoms with Gasteiger partial charge < -0.3 is 0 Å². The maximum atomic E-state index is 2.39. The summed E-state index contributed by atoms with van der Waals surface area (Å²) in [7, 11) is 4.32. The highest BCUT2D eigenvalue weighted by Crippen LogP contribution is 2.53. The van der Waals surface area contributed by atoms with E-state index in [9.17, 15) is 0 Å². The van der Waals surface area contributed by atoms with Crippen LogP contribution in [0.25, 0.3) is 22.0 Å². The molecule has 3 aromatic carbocycles. The Bertz CT molecular complexity index is 1430. The van der Waals surface area contributed by atoms with Crippen LogP contribution in [0.2, 0.25) is 0 Å². The molecule has 0 fully saturated rings. The number of nitrogens with zero attached hydrogens (tertiary/aromatic N) is 2. The molecule has 160 valence electrons. The highest BCUT2D eigenvalue weighted by atomic mass is 14.9. The number of pyridine rings is 2. The third kappa shape index (κ3) is 3.17. The first kappa shape index (κ1) is 19.9. The molecular weight excluding hydrogens is 400 g/mol. The molecule has 2 nitrogen and oxygen atoms in total. The molecule has 2 heterocycles. The normalized spacial score (nSPS) is 13.6. The first-order chi connectivity index (χ1) is 16.2. The van der Waals surface area contributed by atoms with Crippen LogP contribution in [0, 0.1) is 0 Å². The number of aryl methyl sites for hydroxylation is 2. The Hall–Kier alpha value is -3.78. The second-order valence-corrected chi connectivity index (χ2v) is 9.39. The van der Waals surface area contributed by atoms with Crippen LogP contribution < -0.4 is 9.13 Å². The van der Waals surface area contributed by atoms with Gasteiger partial charge in [0.25, 0.3) is 0 Å². The topological polar surface area (TPSA) is 7.76 Å². The maximum Gasteiger partial charge on any atom is 0.212 e. The fraction of sp³-hybridized carbons (Fsp3) is 0.161. The van der Waals surface area contributed by atoms with E-state index in [0.717, 1.165) is 12.8 Å². The van der Waals surface area contributed by atoms with Crippen LogP contribution in [0.4, 0.5) is 0 Å². The maximum absolute atomic E-state index is 2.39. The summed E-state index contributed by atoms with van der Waals surface area (Å²) in [6.07, 6.45) is 8.86. The van der Waals surface area contributed by atoms with Crippen molar-refractivity contribution in [3.8, 4) is 11.1 Å².